The molecular formula is C11H15N3O2S. The fraction of sp³-hybridized carbons (Fsp3) is 0.455. The maximum atomic E-state index is 10.6. The Morgan fingerprint density at radius 1 is 1.59 bits per heavy atom. The van der Waals surface area contributed by atoms with Crippen molar-refractivity contribution in [3.63, 3.8) is 0 Å². The molecular weight excluding hydrogens is 238 g/mol. The molecule has 1 aliphatic rings. The summed E-state index contributed by atoms with van der Waals surface area (Å²) in [7, 11) is 0. The minimum Gasteiger partial charge on any atom is -0.397 e. The van der Waals surface area contributed by atoms with Crippen LogP contribution < -0.4 is 11.1 Å². The van der Waals surface area contributed by atoms with E-state index in [0.29, 0.717) is 10.4 Å². The van der Waals surface area contributed by atoms with Gasteiger partial charge in [0.25, 0.3) is 5.69 Å². The largest absolute Gasteiger partial charge is 0.397 e. The van der Waals surface area contributed by atoms with Crippen LogP contribution in [-0.2, 0) is 0 Å². The van der Waals surface area contributed by atoms with Crippen molar-refractivity contribution in [2.75, 3.05) is 23.9 Å². The molecule has 0 spiro atoms. The number of anilines is 2. The van der Waals surface area contributed by atoms with E-state index in [4.69, 9.17) is 5.73 Å². The highest BCUT2D eigenvalue weighted by Gasteiger charge is 2.41. The molecule has 0 unspecified atom stereocenters. The molecule has 6 heteroatoms. The van der Waals surface area contributed by atoms with Crippen molar-refractivity contribution in [1.82, 2.24) is 0 Å². The molecule has 0 aliphatic heterocycles. The molecule has 3 N–H and O–H groups in total. The van der Waals surface area contributed by atoms with E-state index in [2.05, 4.69) is 11.6 Å². The van der Waals surface area contributed by atoms with Crippen LogP contribution in [0.3, 0.4) is 0 Å². The molecule has 1 aliphatic carbocycles. The van der Waals surface area contributed by atoms with E-state index >= 15 is 0 Å². The van der Waals surface area contributed by atoms with Crippen LogP contribution in [0.15, 0.2) is 18.2 Å². The van der Waals surface area contributed by atoms with Crippen LogP contribution in [0, 0.1) is 10.1 Å². The van der Waals surface area contributed by atoms with Gasteiger partial charge in [-0.05, 0) is 25.2 Å². The summed E-state index contributed by atoms with van der Waals surface area (Å²) in [6.45, 7) is 0.857. The van der Waals surface area contributed by atoms with Crippen molar-refractivity contribution < 1.29 is 4.92 Å². The Kier molecular flexibility index (Phi) is 3.15. The third kappa shape index (κ3) is 2.63. The number of nitrogens with zero attached hydrogens (tertiary/aromatic N) is 1. The summed E-state index contributed by atoms with van der Waals surface area (Å²) < 4.78 is 0.341. The topological polar surface area (TPSA) is 81.2 Å². The number of nitro groups is 1. The summed E-state index contributed by atoms with van der Waals surface area (Å²) in [6.07, 6.45) is 4.54. The molecule has 0 heterocycles. The number of nitrogens with one attached hydrogen (secondary N) is 1. The van der Waals surface area contributed by atoms with Gasteiger partial charge < -0.3 is 11.1 Å². The number of rotatable bonds is 5. The monoisotopic (exact) mass is 253 g/mol. The molecule has 5 nitrogen and oxygen atoms in total. The van der Waals surface area contributed by atoms with Gasteiger partial charge in [-0.3, -0.25) is 10.1 Å². The Bertz CT molecular complexity index is 446. The minimum absolute atomic E-state index is 0.0269. The minimum atomic E-state index is -0.440. The van der Waals surface area contributed by atoms with Crippen LogP contribution in [0.25, 0.3) is 0 Å². The summed E-state index contributed by atoms with van der Waals surface area (Å²) in [4.78, 5) is 10.1. The lowest BCUT2D eigenvalue weighted by atomic mass is 10.2. The lowest BCUT2D eigenvalue weighted by Crippen LogP contribution is -2.18. The van der Waals surface area contributed by atoms with E-state index in [1.807, 2.05) is 11.8 Å². The average molecular weight is 253 g/mol. The third-order valence-electron chi connectivity index (χ3n) is 3.09. The predicted octanol–water partition coefficient (Wildman–Crippen LogP) is 2.48. The van der Waals surface area contributed by atoms with Gasteiger partial charge in [-0.2, -0.15) is 11.8 Å². The average Bonchev–Trinajstić information content (AvgIpc) is 3.08. The number of thioether (sulfide) groups is 1. The zero-order valence-electron chi connectivity index (χ0n) is 9.60. The van der Waals surface area contributed by atoms with Crippen LogP contribution in [0.1, 0.15) is 12.8 Å². The first-order valence-corrected chi connectivity index (χ1v) is 6.62. The Morgan fingerprint density at radius 3 is 2.76 bits per heavy atom. The van der Waals surface area contributed by atoms with E-state index in [9.17, 15) is 10.1 Å². The van der Waals surface area contributed by atoms with E-state index < -0.39 is 4.92 Å². The number of hydrogen-bond acceptors (Lipinski definition) is 5. The predicted molar refractivity (Wildman–Crippen MR) is 71.5 cm³/mol. The highest BCUT2D eigenvalue weighted by Crippen LogP contribution is 2.47. The van der Waals surface area contributed by atoms with Crippen LogP contribution >= 0.6 is 11.8 Å². The van der Waals surface area contributed by atoms with Crippen LogP contribution in [0.2, 0.25) is 0 Å². The van der Waals surface area contributed by atoms with Gasteiger partial charge >= 0.3 is 0 Å². The second kappa shape index (κ2) is 4.44. The van der Waals surface area contributed by atoms with Gasteiger partial charge in [-0.1, -0.05) is 0 Å². The number of hydrogen-bond donors (Lipinski definition) is 2. The fourth-order valence-corrected chi connectivity index (χ4v) is 2.40. The normalized spacial score (nSPS) is 16.5. The molecule has 1 aromatic carbocycles. The second-order valence-corrected chi connectivity index (χ2v) is 5.54. The van der Waals surface area contributed by atoms with Gasteiger partial charge in [-0.25, -0.2) is 0 Å². The quantitative estimate of drug-likeness (QED) is 0.478. The van der Waals surface area contributed by atoms with Gasteiger partial charge in [0.1, 0.15) is 0 Å². The van der Waals surface area contributed by atoms with Crippen LogP contribution in [0.5, 0.6) is 0 Å². The molecule has 0 amide bonds. The molecule has 1 saturated carbocycles. The Morgan fingerprint density at radius 2 is 2.29 bits per heavy atom. The molecule has 92 valence electrons. The standard InChI is InChI=1S/C11H15N3O2S/c1-17-11(4-5-11)7-13-10-3-2-8(14(15)16)6-9(10)12/h2-3,6,13H,4-5,7,12H2,1H3. The molecule has 1 aromatic rings. The summed E-state index contributed by atoms with van der Waals surface area (Å²) >= 11 is 1.86. The molecule has 1 fully saturated rings. The Balaban J connectivity index is 2.04. The first kappa shape index (κ1) is 12.0. The molecule has 0 radical (unpaired) electrons. The van der Waals surface area contributed by atoms with Gasteiger partial charge in [0.05, 0.1) is 16.3 Å². The molecule has 0 atom stereocenters. The van der Waals surface area contributed by atoms with Crippen molar-refractivity contribution in [1.29, 1.82) is 0 Å². The van der Waals surface area contributed by atoms with Crippen molar-refractivity contribution in [3.05, 3.63) is 28.3 Å². The molecule has 2 rings (SSSR count). The summed E-state index contributed by atoms with van der Waals surface area (Å²) in [5.74, 6) is 0. The summed E-state index contributed by atoms with van der Waals surface area (Å²) in [5.41, 5.74) is 7.00. The van der Waals surface area contributed by atoms with Crippen LogP contribution in [-0.4, -0.2) is 22.5 Å². The van der Waals surface area contributed by atoms with E-state index in [-0.39, 0.29) is 5.69 Å². The van der Waals surface area contributed by atoms with Crippen molar-refractivity contribution >= 4 is 28.8 Å². The van der Waals surface area contributed by atoms with Crippen molar-refractivity contribution in [3.8, 4) is 0 Å². The maximum absolute atomic E-state index is 10.6. The molecule has 17 heavy (non-hydrogen) atoms. The number of nitrogen functional groups attached to an aromatic ring is 1. The Labute approximate surface area is 104 Å². The number of benzene rings is 1. The van der Waals surface area contributed by atoms with Gasteiger partial charge in [0.2, 0.25) is 0 Å². The summed E-state index contributed by atoms with van der Waals surface area (Å²) in [6, 6.07) is 4.53. The maximum Gasteiger partial charge on any atom is 0.271 e. The zero-order valence-corrected chi connectivity index (χ0v) is 10.4. The smallest absolute Gasteiger partial charge is 0.271 e. The first-order chi connectivity index (χ1) is 8.06. The van der Waals surface area contributed by atoms with Crippen LogP contribution in [0.4, 0.5) is 17.1 Å². The lowest BCUT2D eigenvalue weighted by molar-refractivity contribution is -0.384. The van der Waals surface area contributed by atoms with Gasteiger partial charge in [0, 0.05) is 23.4 Å². The zero-order chi connectivity index (χ0) is 12.5. The lowest BCUT2D eigenvalue weighted by Gasteiger charge is -2.15. The molecule has 0 bridgehead atoms. The molecule has 0 saturated heterocycles. The van der Waals surface area contributed by atoms with Gasteiger partial charge in [0.15, 0.2) is 0 Å². The molecule has 0 aromatic heterocycles. The number of nitrogens with two attached hydrogens (primary N) is 1. The van der Waals surface area contributed by atoms with Crippen molar-refractivity contribution in [2.24, 2.45) is 0 Å². The van der Waals surface area contributed by atoms with E-state index in [0.717, 1.165) is 12.2 Å². The summed E-state index contributed by atoms with van der Waals surface area (Å²) in [5, 5.41) is 13.8. The highest BCUT2D eigenvalue weighted by molar-refractivity contribution is 8.00. The van der Waals surface area contributed by atoms with Gasteiger partial charge in [-0.15, -0.1) is 0 Å². The van der Waals surface area contributed by atoms with Crippen molar-refractivity contribution in [2.45, 2.75) is 17.6 Å². The third-order valence-corrected chi connectivity index (χ3v) is 4.51. The second-order valence-electron chi connectivity index (χ2n) is 4.27. The SMILES string of the molecule is CSC1(CNc2ccc([N+](=O)[O-])cc2N)CC1. The fourth-order valence-electron chi connectivity index (χ4n) is 1.67. The first-order valence-electron chi connectivity index (χ1n) is 5.39. The Hall–Kier alpha value is -1.43. The highest BCUT2D eigenvalue weighted by atomic mass is 32.2. The van der Waals surface area contributed by atoms with E-state index in [1.165, 1.54) is 25.0 Å². The number of nitro benzene ring substituents is 1. The number of non-ortho nitro benzene ring substituents is 1. The van der Waals surface area contributed by atoms with E-state index in [1.54, 1.807) is 6.07 Å².